The molecule has 1 heterocycles. The molecule has 3 nitrogen and oxygen atoms in total. The molecule has 0 unspecified atom stereocenters. The van der Waals surface area contributed by atoms with Gasteiger partial charge >= 0.3 is 0 Å². The molecule has 0 aromatic carbocycles. The Morgan fingerprint density at radius 2 is 1.79 bits per heavy atom. The van der Waals surface area contributed by atoms with Gasteiger partial charge < -0.3 is 5.32 Å². The lowest BCUT2D eigenvalue weighted by Crippen LogP contribution is -2.35. The zero-order valence-corrected chi connectivity index (χ0v) is 14.6. The van der Waals surface area contributed by atoms with E-state index in [1.54, 1.807) is 0 Å². The van der Waals surface area contributed by atoms with E-state index in [1.807, 2.05) is 6.07 Å². The maximum Gasteiger partial charge on any atom is 0.132 e. The van der Waals surface area contributed by atoms with Crippen LogP contribution in [0.3, 0.4) is 0 Å². The van der Waals surface area contributed by atoms with Crippen LogP contribution in [0.4, 0.5) is 5.82 Å². The number of aryl methyl sites for hydroxylation is 1. The van der Waals surface area contributed by atoms with Crippen molar-refractivity contribution in [3.05, 3.63) is 16.5 Å². The molecule has 108 valence electrons. The summed E-state index contributed by atoms with van der Waals surface area (Å²) in [5.41, 5.74) is 0.294. The van der Waals surface area contributed by atoms with Crippen molar-refractivity contribution in [1.82, 2.24) is 9.97 Å². The summed E-state index contributed by atoms with van der Waals surface area (Å²) >= 11 is 3.46. The Balaban J connectivity index is 2.86. The van der Waals surface area contributed by atoms with Gasteiger partial charge in [-0.1, -0.05) is 27.7 Å². The van der Waals surface area contributed by atoms with Crippen molar-refractivity contribution in [1.29, 1.82) is 0 Å². The predicted octanol–water partition coefficient (Wildman–Crippen LogP) is 4.82. The Hall–Kier alpha value is -0.640. The molecule has 1 aromatic heterocycles. The third-order valence-electron chi connectivity index (χ3n) is 2.65. The molecule has 0 aliphatic rings. The summed E-state index contributed by atoms with van der Waals surface area (Å²) in [5.74, 6) is 1.80. The maximum absolute atomic E-state index is 4.59. The first-order chi connectivity index (χ1) is 8.61. The van der Waals surface area contributed by atoms with E-state index in [0.717, 1.165) is 35.5 Å². The van der Waals surface area contributed by atoms with Gasteiger partial charge in [-0.15, -0.1) is 0 Å². The van der Waals surface area contributed by atoms with Gasteiger partial charge in [-0.2, -0.15) is 0 Å². The Morgan fingerprint density at radius 3 is 2.32 bits per heavy atom. The second-order valence-corrected chi connectivity index (χ2v) is 7.80. The summed E-state index contributed by atoms with van der Waals surface area (Å²) < 4.78 is 0.847. The highest BCUT2D eigenvalue weighted by Gasteiger charge is 2.25. The maximum atomic E-state index is 4.59. The fraction of sp³-hybridized carbons (Fsp3) is 0.733. The van der Waals surface area contributed by atoms with E-state index in [-0.39, 0.29) is 11.0 Å². The zero-order chi connectivity index (χ0) is 14.7. The van der Waals surface area contributed by atoms with Crippen LogP contribution >= 0.6 is 15.9 Å². The number of nitrogens with zero attached hydrogens (tertiary/aromatic N) is 2. The van der Waals surface area contributed by atoms with Crippen LogP contribution in [0.2, 0.25) is 0 Å². The number of hydrogen-bond donors (Lipinski definition) is 1. The van der Waals surface area contributed by atoms with Crippen molar-refractivity contribution in [3.8, 4) is 0 Å². The molecular formula is C15H26BrN3. The molecular weight excluding hydrogens is 302 g/mol. The van der Waals surface area contributed by atoms with E-state index >= 15 is 0 Å². The summed E-state index contributed by atoms with van der Waals surface area (Å²) in [6.45, 7) is 13.3. The van der Waals surface area contributed by atoms with Crippen LogP contribution in [0.5, 0.6) is 0 Å². The Labute approximate surface area is 125 Å². The van der Waals surface area contributed by atoms with E-state index < -0.39 is 0 Å². The van der Waals surface area contributed by atoms with Gasteiger partial charge in [0.05, 0.1) is 0 Å². The zero-order valence-electron chi connectivity index (χ0n) is 13.0. The monoisotopic (exact) mass is 327 g/mol. The molecule has 0 amide bonds. The second kappa shape index (κ2) is 6.21. The van der Waals surface area contributed by atoms with Crippen molar-refractivity contribution < 1.29 is 0 Å². The molecule has 1 rings (SSSR count). The molecule has 0 spiro atoms. The summed E-state index contributed by atoms with van der Waals surface area (Å²) in [4.78, 5) is 8.98. The summed E-state index contributed by atoms with van der Waals surface area (Å²) in [7, 11) is 0. The van der Waals surface area contributed by atoms with Gasteiger partial charge in [0, 0.05) is 18.0 Å². The predicted molar refractivity (Wildman–Crippen MR) is 85.5 cm³/mol. The van der Waals surface area contributed by atoms with E-state index in [9.17, 15) is 0 Å². The van der Waals surface area contributed by atoms with Crippen LogP contribution in [0, 0.1) is 5.41 Å². The van der Waals surface area contributed by atoms with Crippen LogP contribution in [0.15, 0.2) is 10.7 Å². The average Bonchev–Trinajstić information content (AvgIpc) is 2.10. The van der Waals surface area contributed by atoms with Crippen molar-refractivity contribution in [2.75, 3.05) is 5.32 Å². The lowest BCUT2D eigenvalue weighted by molar-refractivity contribution is 0.302. The molecule has 0 aliphatic heterocycles. The first-order valence-electron chi connectivity index (χ1n) is 6.93. The highest BCUT2D eigenvalue weighted by atomic mass is 79.9. The second-order valence-electron chi connectivity index (χ2n) is 6.99. The molecule has 1 aromatic rings. The molecule has 0 saturated carbocycles. The van der Waals surface area contributed by atoms with Gasteiger partial charge in [0.2, 0.25) is 0 Å². The third-order valence-corrected chi connectivity index (χ3v) is 3.06. The summed E-state index contributed by atoms with van der Waals surface area (Å²) in [6, 6.07) is 1.95. The van der Waals surface area contributed by atoms with Crippen molar-refractivity contribution in [2.45, 2.75) is 66.3 Å². The third kappa shape index (κ3) is 6.37. The Morgan fingerprint density at radius 1 is 1.16 bits per heavy atom. The molecule has 0 radical (unpaired) electrons. The Bertz CT molecular complexity index is 422. The number of aromatic nitrogens is 2. The minimum absolute atomic E-state index is 0.00945. The lowest BCUT2D eigenvalue weighted by Gasteiger charge is -2.33. The van der Waals surface area contributed by atoms with E-state index in [4.69, 9.17) is 0 Å². The summed E-state index contributed by atoms with van der Waals surface area (Å²) in [6.07, 6.45) is 3.04. The number of nitrogens with one attached hydrogen (secondary N) is 1. The molecule has 4 heteroatoms. The molecule has 0 fully saturated rings. The highest BCUT2D eigenvalue weighted by molar-refractivity contribution is 9.10. The Kier molecular flexibility index (Phi) is 5.36. The largest absolute Gasteiger partial charge is 0.365 e. The number of anilines is 1. The van der Waals surface area contributed by atoms with Crippen LogP contribution in [0.1, 0.15) is 60.2 Å². The molecule has 0 atom stereocenters. The van der Waals surface area contributed by atoms with Crippen LogP contribution < -0.4 is 5.32 Å². The van der Waals surface area contributed by atoms with Crippen LogP contribution in [-0.4, -0.2) is 15.5 Å². The van der Waals surface area contributed by atoms with E-state index in [2.05, 4.69) is 72.8 Å². The smallest absolute Gasteiger partial charge is 0.132 e. The van der Waals surface area contributed by atoms with Gasteiger partial charge in [0.15, 0.2) is 0 Å². The van der Waals surface area contributed by atoms with Crippen molar-refractivity contribution in [3.63, 3.8) is 0 Å². The van der Waals surface area contributed by atoms with E-state index in [1.165, 1.54) is 0 Å². The SMILES string of the molecule is CCCc1nc(Br)cc(NC(C)(C)CC(C)(C)C)n1. The van der Waals surface area contributed by atoms with Gasteiger partial charge in [-0.25, -0.2) is 9.97 Å². The topological polar surface area (TPSA) is 37.8 Å². The van der Waals surface area contributed by atoms with Crippen molar-refractivity contribution in [2.24, 2.45) is 5.41 Å². The van der Waals surface area contributed by atoms with Gasteiger partial charge in [0.1, 0.15) is 16.2 Å². The fourth-order valence-corrected chi connectivity index (χ4v) is 3.00. The molecule has 1 N–H and O–H groups in total. The molecule has 0 aliphatic carbocycles. The average molecular weight is 328 g/mol. The standard InChI is InChI=1S/C15H26BrN3/c1-7-8-12-17-11(16)9-13(18-12)19-15(5,6)10-14(2,3)4/h9H,7-8,10H2,1-6H3,(H,17,18,19). The minimum atomic E-state index is 0.00945. The molecule has 0 saturated heterocycles. The van der Waals surface area contributed by atoms with Crippen LogP contribution in [0.25, 0.3) is 0 Å². The summed E-state index contributed by atoms with van der Waals surface area (Å²) in [5, 5.41) is 3.53. The van der Waals surface area contributed by atoms with Gasteiger partial charge in [-0.05, 0) is 48.0 Å². The van der Waals surface area contributed by atoms with Crippen molar-refractivity contribution >= 4 is 21.7 Å². The lowest BCUT2D eigenvalue weighted by atomic mass is 9.82. The van der Waals surface area contributed by atoms with Crippen LogP contribution in [-0.2, 0) is 6.42 Å². The normalized spacial score (nSPS) is 12.6. The number of hydrogen-bond acceptors (Lipinski definition) is 3. The first kappa shape index (κ1) is 16.4. The van der Waals surface area contributed by atoms with E-state index in [0.29, 0.717) is 0 Å². The fourth-order valence-electron chi connectivity index (χ4n) is 2.58. The van der Waals surface area contributed by atoms with Gasteiger partial charge in [-0.3, -0.25) is 0 Å². The number of rotatable bonds is 5. The molecule has 0 bridgehead atoms. The highest BCUT2D eigenvalue weighted by Crippen LogP contribution is 2.29. The van der Waals surface area contributed by atoms with Gasteiger partial charge in [0.25, 0.3) is 0 Å². The molecule has 19 heavy (non-hydrogen) atoms. The first-order valence-corrected chi connectivity index (χ1v) is 7.72. The quantitative estimate of drug-likeness (QED) is 0.788. The minimum Gasteiger partial charge on any atom is -0.365 e. The number of halogens is 1.